The van der Waals surface area contributed by atoms with Crippen LogP contribution in [0.4, 0.5) is 4.39 Å². The molecule has 0 aromatic rings. The second-order valence-electron chi connectivity index (χ2n) is 2.32. The van der Waals surface area contributed by atoms with Crippen molar-refractivity contribution in [1.29, 1.82) is 0 Å². The van der Waals surface area contributed by atoms with E-state index in [-0.39, 0.29) is 19.1 Å². The maximum atomic E-state index is 12.6. The molecule has 0 bridgehead atoms. The number of hydrogen-bond donors (Lipinski definition) is 1. The van der Waals surface area contributed by atoms with Gasteiger partial charge in [0.2, 0.25) is 0 Å². The van der Waals surface area contributed by atoms with Gasteiger partial charge < -0.3 is 9.84 Å². The van der Waals surface area contributed by atoms with Crippen LogP contribution in [0.2, 0.25) is 0 Å². The van der Waals surface area contributed by atoms with E-state index in [0.29, 0.717) is 13.0 Å². The predicted octanol–water partition coefficient (Wildman–Crippen LogP) is 0.353. The van der Waals surface area contributed by atoms with Crippen LogP contribution in [-0.2, 0) is 4.74 Å². The van der Waals surface area contributed by atoms with Gasteiger partial charge in [0.05, 0.1) is 6.61 Å². The molecule has 3 heteroatoms. The summed E-state index contributed by atoms with van der Waals surface area (Å²) in [5.74, 6) is -0.182. The molecule has 1 rings (SSSR count). The molecule has 2 nitrogen and oxygen atoms in total. The molecule has 54 valence electrons. The first-order valence-electron chi connectivity index (χ1n) is 3.17. The smallest absolute Gasteiger partial charge is 0.128 e. The Labute approximate surface area is 53.6 Å². The van der Waals surface area contributed by atoms with Gasteiger partial charge >= 0.3 is 0 Å². The lowest BCUT2D eigenvalue weighted by Crippen LogP contribution is -2.31. The Morgan fingerprint density at radius 1 is 1.67 bits per heavy atom. The highest BCUT2D eigenvalue weighted by molar-refractivity contribution is 4.71. The Balaban J connectivity index is 2.30. The Hall–Kier alpha value is -0.150. The number of rotatable bonds is 1. The Kier molecular flexibility index (Phi) is 2.42. The van der Waals surface area contributed by atoms with Crippen molar-refractivity contribution in [2.75, 3.05) is 19.8 Å². The second-order valence-corrected chi connectivity index (χ2v) is 2.32. The lowest BCUT2D eigenvalue weighted by atomic mass is 10.00. The maximum absolute atomic E-state index is 12.6. The van der Waals surface area contributed by atoms with E-state index in [1.54, 1.807) is 0 Å². The van der Waals surface area contributed by atoms with Crippen LogP contribution < -0.4 is 0 Å². The van der Waals surface area contributed by atoms with Gasteiger partial charge in [-0.3, -0.25) is 0 Å². The summed E-state index contributed by atoms with van der Waals surface area (Å²) < 4.78 is 17.4. The van der Waals surface area contributed by atoms with Gasteiger partial charge in [0, 0.05) is 19.1 Å². The van der Waals surface area contributed by atoms with E-state index in [4.69, 9.17) is 9.84 Å². The molecule has 0 saturated carbocycles. The lowest BCUT2D eigenvalue weighted by molar-refractivity contribution is -0.0192. The Bertz CT molecular complexity index is 87.1. The van der Waals surface area contributed by atoms with Crippen molar-refractivity contribution in [3.05, 3.63) is 0 Å². The highest BCUT2D eigenvalue weighted by Crippen LogP contribution is 2.17. The highest BCUT2D eigenvalue weighted by Gasteiger charge is 2.23. The van der Waals surface area contributed by atoms with Crippen LogP contribution in [-0.4, -0.2) is 31.1 Å². The first-order chi connectivity index (χ1) is 4.34. The van der Waals surface area contributed by atoms with Crippen LogP contribution in [0.15, 0.2) is 0 Å². The third-order valence-electron chi connectivity index (χ3n) is 1.66. The molecule has 1 fully saturated rings. The summed E-state index contributed by atoms with van der Waals surface area (Å²) in [5.41, 5.74) is 0. The average Bonchev–Trinajstić information content (AvgIpc) is 1.89. The minimum absolute atomic E-state index is 0.0511. The summed E-state index contributed by atoms with van der Waals surface area (Å²) in [4.78, 5) is 0. The van der Waals surface area contributed by atoms with E-state index < -0.39 is 6.17 Å². The van der Waals surface area contributed by atoms with Crippen molar-refractivity contribution < 1.29 is 14.2 Å². The standard InChI is InChI=1S/C6H11FO2/c7-6-4-9-2-1-5(6)3-8/h5-6,8H,1-4H2/t5-,6-/m1/s1. The second kappa shape index (κ2) is 3.13. The number of aliphatic hydroxyl groups is 1. The fourth-order valence-corrected chi connectivity index (χ4v) is 0.953. The summed E-state index contributed by atoms with van der Waals surface area (Å²) in [6.07, 6.45) is -0.304. The van der Waals surface area contributed by atoms with E-state index >= 15 is 0 Å². The Morgan fingerprint density at radius 3 is 2.89 bits per heavy atom. The Morgan fingerprint density at radius 2 is 2.44 bits per heavy atom. The van der Waals surface area contributed by atoms with E-state index in [0.717, 1.165) is 0 Å². The molecule has 0 aromatic heterocycles. The van der Waals surface area contributed by atoms with Crippen molar-refractivity contribution in [3.8, 4) is 0 Å². The number of alkyl halides is 1. The largest absolute Gasteiger partial charge is 0.396 e. The molecule has 9 heavy (non-hydrogen) atoms. The van der Waals surface area contributed by atoms with Crippen LogP contribution in [0, 0.1) is 5.92 Å². The first-order valence-corrected chi connectivity index (χ1v) is 3.17. The number of halogens is 1. The monoisotopic (exact) mass is 134 g/mol. The molecule has 0 amide bonds. The summed E-state index contributed by atoms with van der Waals surface area (Å²) in [6, 6.07) is 0. The van der Waals surface area contributed by atoms with Crippen molar-refractivity contribution in [1.82, 2.24) is 0 Å². The molecule has 1 aliphatic heterocycles. The van der Waals surface area contributed by atoms with Gasteiger partial charge in [-0.2, -0.15) is 0 Å². The van der Waals surface area contributed by atoms with Crippen molar-refractivity contribution in [3.63, 3.8) is 0 Å². The molecule has 1 saturated heterocycles. The fourth-order valence-electron chi connectivity index (χ4n) is 0.953. The van der Waals surface area contributed by atoms with Crippen LogP contribution in [0.5, 0.6) is 0 Å². The molecule has 1 heterocycles. The van der Waals surface area contributed by atoms with Crippen LogP contribution >= 0.6 is 0 Å². The van der Waals surface area contributed by atoms with Gasteiger partial charge in [-0.15, -0.1) is 0 Å². The lowest BCUT2D eigenvalue weighted by Gasteiger charge is -2.23. The molecule has 1 N–H and O–H groups in total. The molecule has 0 unspecified atom stereocenters. The highest BCUT2D eigenvalue weighted by atomic mass is 19.1. The molecule has 2 atom stereocenters. The van der Waals surface area contributed by atoms with Gasteiger partial charge in [0.1, 0.15) is 6.17 Å². The maximum Gasteiger partial charge on any atom is 0.128 e. The first kappa shape index (κ1) is 6.96. The molecular formula is C6H11FO2. The number of hydrogen-bond acceptors (Lipinski definition) is 2. The third kappa shape index (κ3) is 1.63. The summed E-state index contributed by atoms with van der Waals surface area (Å²) in [6.45, 7) is 0.696. The summed E-state index contributed by atoms with van der Waals surface area (Å²) in [5, 5.41) is 8.57. The van der Waals surface area contributed by atoms with Gasteiger partial charge in [-0.1, -0.05) is 0 Å². The van der Waals surface area contributed by atoms with E-state index in [1.807, 2.05) is 0 Å². The van der Waals surface area contributed by atoms with E-state index in [1.165, 1.54) is 0 Å². The van der Waals surface area contributed by atoms with Gasteiger partial charge in [-0.05, 0) is 6.42 Å². The number of ether oxygens (including phenoxy) is 1. The summed E-state index contributed by atoms with van der Waals surface area (Å²) >= 11 is 0. The van der Waals surface area contributed by atoms with Crippen LogP contribution in [0.25, 0.3) is 0 Å². The van der Waals surface area contributed by atoms with Crippen LogP contribution in [0.3, 0.4) is 0 Å². The SMILES string of the molecule is OC[C@H]1CCOC[C@H]1F. The number of aliphatic hydroxyl groups excluding tert-OH is 1. The van der Waals surface area contributed by atoms with Gasteiger partial charge in [0.25, 0.3) is 0 Å². The molecule has 1 aliphatic rings. The van der Waals surface area contributed by atoms with Crippen molar-refractivity contribution in [2.24, 2.45) is 5.92 Å². The van der Waals surface area contributed by atoms with Gasteiger partial charge in [-0.25, -0.2) is 4.39 Å². The molecule has 0 aliphatic carbocycles. The third-order valence-corrected chi connectivity index (χ3v) is 1.66. The molecular weight excluding hydrogens is 123 g/mol. The van der Waals surface area contributed by atoms with E-state index in [9.17, 15) is 4.39 Å². The van der Waals surface area contributed by atoms with Crippen molar-refractivity contribution in [2.45, 2.75) is 12.6 Å². The summed E-state index contributed by atoms with van der Waals surface area (Å²) in [7, 11) is 0. The minimum atomic E-state index is -0.955. The van der Waals surface area contributed by atoms with E-state index in [2.05, 4.69) is 0 Å². The zero-order chi connectivity index (χ0) is 6.69. The quantitative estimate of drug-likeness (QED) is 0.560. The average molecular weight is 134 g/mol. The molecule has 0 radical (unpaired) electrons. The zero-order valence-corrected chi connectivity index (χ0v) is 5.22. The molecule has 0 spiro atoms. The minimum Gasteiger partial charge on any atom is -0.396 e. The van der Waals surface area contributed by atoms with Crippen LogP contribution in [0.1, 0.15) is 6.42 Å². The normalized spacial score (nSPS) is 36.7. The topological polar surface area (TPSA) is 29.5 Å². The zero-order valence-electron chi connectivity index (χ0n) is 5.22. The molecule has 0 aromatic carbocycles. The van der Waals surface area contributed by atoms with Crippen molar-refractivity contribution >= 4 is 0 Å². The fraction of sp³-hybridized carbons (Fsp3) is 1.00. The predicted molar refractivity (Wildman–Crippen MR) is 30.9 cm³/mol. The van der Waals surface area contributed by atoms with Gasteiger partial charge in [0.15, 0.2) is 0 Å².